The Morgan fingerprint density at radius 1 is 1.53 bits per heavy atom. The Balaban J connectivity index is 2.39. The van der Waals surface area contributed by atoms with Crippen molar-refractivity contribution < 1.29 is 8.85 Å². The Hall–Kier alpha value is -1.81. The minimum atomic E-state index is -2.11. The van der Waals surface area contributed by atoms with Crippen LogP contribution in [0.4, 0.5) is 5.69 Å². The van der Waals surface area contributed by atoms with Crippen molar-refractivity contribution in [1.82, 2.24) is 4.98 Å². The van der Waals surface area contributed by atoms with E-state index in [-0.39, 0.29) is 0 Å². The van der Waals surface area contributed by atoms with Crippen LogP contribution in [0.1, 0.15) is 23.8 Å². The Morgan fingerprint density at radius 3 is 3.16 bits per heavy atom. The highest BCUT2D eigenvalue weighted by Gasteiger charge is 2.08. The maximum absolute atomic E-state index is 7.70. The van der Waals surface area contributed by atoms with Gasteiger partial charge >= 0.3 is 0 Å². The molecule has 1 unspecified atom stereocenters. The van der Waals surface area contributed by atoms with Gasteiger partial charge in [-0.05, 0) is 38.4 Å². The number of fused-ring (bicyclic) bond motifs is 1. The minimum absolute atomic E-state index is 0.464. The number of aromatic nitrogens is 1. The average Bonchev–Trinajstić information content (AvgIpc) is 2.49. The van der Waals surface area contributed by atoms with Crippen LogP contribution in [-0.2, 0) is 0 Å². The lowest BCUT2D eigenvalue weighted by atomic mass is 10.1. The van der Waals surface area contributed by atoms with Crippen LogP contribution in [0.25, 0.3) is 10.9 Å². The number of benzene rings is 1. The summed E-state index contributed by atoms with van der Waals surface area (Å²) in [6.45, 7) is -1.65. The van der Waals surface area contributed by atoms with Crippen LogP contribution in [0.5, 0.6) is 5.75 Å². The monoisotopic (exact) mass is 262 g/mol. The van der Waals surface area contributed by atoms with E-state index in [4.69, 9.17) is 14.6 Å². The molecule has 3 N–H and O–H groups in total. The first kappa shape index (κ1) is 10.0. The van der Waals surface area contributed by atoms with E-state index in [1.807, 2.05) is 18.2 Å². The number of pyridine rings is 1. The van der Waals surface area contributed by atoms with Gasteiger partial charge in [0.2, 0.25) is 0 Å². The van der Waals surface area contributed by atoms with Gasteiger partial charge in [0, 0.05) is 27.8 Å². The molecule has 0 aliphatic carbocycles. The van der Waals surface area contributed by atoms with Crippen LogP contribution in [0.2, 0.25) is 0 Å². The summed E-state index contributed by atoms with van der Waals surface area (Å²) >= 11 is 0. The third-order valence-corrected chi connectivity index (χ3v) is 2.94. The SMILES string of the molecule is [2H]C([2H])([2H])C(CCCN)Nc1cc(OC)cc2cccnc12. The molecule has 0 aliphatic rings. The third kappa shape index (κ3) is 3.35. The van der Waals surface area contributed by atoms with Crippen molar-refractivity contribution in [3.63, 3.8) is 0 Å². The molecule has 0 amide bonds. The smallest absolute Gasteiger partial charge is 0.121 e. The molecule has 102 valence electrons. The van der Waals surface area contributed by atoms with E-state index in [1.165, 1.54) is 0 Å². The number of hydrogen-bond donors (Lipinski definition) is 2. The molecule has 1 atom stereocenters. The van der Waals surface area contributed by atoms with Crippen LogP contribution in [0.15, 0.2) is 30.5 Å². The van der Waals surface area contributed by atoms with Gasteiger partial charge in [0.05, 0.1) is 18.3 Å². The zero-order valence-electron chi connectivity index (χ0n) is 14.0. The topological polar surface area (TPSA) is 60.2 Å². The molecule has 0 spiro atoms. The predicted octanol–water partition coefficient (Wildman–Crippen LogP) is 2.78. The normalized spacial score (nSPS) is 15.4. The second kappa shape index (κ2) is 6.38. The molecular formula is C15H21N3O. The zero-order valence-corrected chi connectivity index (χ0v) is 11.0. The molecule has 0 bridgehead atoms. The van der Waals surface area contributed by atoms with Crippen LogP contribution < -0.4 is 15.8 Å². The van der Waals surface area contributed by atoms with E-state index in [0.717, 1.165) is 10.9 Å². The number of rotatable bonds is 6. The molecule has 1 aromatic heterocycles. The van der Waals surface area contributed by atoms with Crippen LogP contribution >= 0.6 is 0 Å². The lowest BCUT2D eigenvalue weighted by Crippen LogP contribution is -2.17. The maximum Gasteiger partial charge on any atom is 0.121 e. The molecule has 0 saturated heterocycles. The van der Waals surface area contributed by atoms with Crippen LogP contribution in [0.3, 0.4) is 0 Å². The summed E-state index contributed by atoms with van der Waals surface area (Å²) in [5.41, 5.74) is 6.89. The number of methoxy groups -OCH3 is 1. The maximum atomic E-state index is 7.70. The number of nitrogens with two attached hydrogens (primary N) is 1. The van der Waals surface area contributed by atoms with Gasteiger partial charge < -0.3 is 15.8 Å². The van der Waals surface area contributed by atoms with E-state index < -0.39 is 12.9 Å². The second-order valence-electron chi connectivity index (χ2n) is 4.38. The number of nitrogens with zero attached hydrogens (tertiary/aromatic N) is 1. The molecular weight excluding hydrogens is 238 g/mol. The first-order valence-corrected chi connectivity index (χ1v) is 6.35. The lowest BCUT2D eigenvalue weighted by Gasteiger charge is -2.17. The molecule has 0 fully saturated rings. The predicted molar refractivity (Wildman–Crippen MR) is 79.7 cm³/mol. The highest BCUT2D eigenvalue weighted by molar-refractivity contribution is 5.91. The van der Waals surface area contributed by atoms with Crippen molar-refractivity contribution in [3.05, 3.63) is 30.5 Å². The van der Waals surface area contributed by atoms with Crippen molar-refractivity contribution in [1.29, 1.82) is 0 Å². The van der Waals surface area contributed by atoms with Gasteiger partial charge in [-0.3, -0.25) is 4.98 Å². The van der Waals surface area contributed by atoms with E-state index in [0.29, 0.717) is 30.8 Å². The number of nitrogens with one attached hydrogen (secondary N) is 1. The van der Waals surface area contributed by atoms with Gasteiger partial charge in [-0.25, -0.2) is 0 Å². The van der Waals surface area contributed by atoms with Crippen molar-refractivity contribution >= 4 is 16.6 Å². The van der Waals surface area contributed by atoms with Crippen LogP contribution in [0, 0.1) is 0 Å². The summed E-state index contributed by atoms with van der Waals surface area (Å²) < 4.78 is 28.4. The largest absolute Gasteiger partial charge is 0.497 e. The fraction of sp³-hybridized carbons (Fsp3) is 0.400. The summed E-state index contributed by atoms with van der Waals surface area (Å²) in [5, 5.41) is 4.01. The number of anilines is 1. The fourth-order valence-corrected chi connectivity index (χ4v) is 1.97. The average molecular weight is 262 g/mol. The molecule has 2 aromatic rings. The second-order valence-corrected chi connectivity index (χ2v) is 4.38. The lowest BCUT2D eigenvalue weighted by molar-refractivity contribution is 0.415. The highest BCUT2D eigenvalue weighted by atomic mass is 16.5. The molecule has 0 aliphatic heterocycles. The first-order valence-electron chi connectivity index (χ1n) is 7.85. The van der Waals surface area contributed by atoms with Crippen molar-refractivity contribution in [2.45, 2.75) is 25.7 Å². The van der Waals surface area contributed by atoms with Gasteiger partial charge in [0.1, 0.15) is 5.75 Å². The van der Waals surface area contributed by atoms with Gasteiger partial charge in [0.25, 0.3) is 0 Å². The van der Waals surface area contributed by atoms with E-state index in [9.17, 15) is 0 Å². The Kier molecular flexibility index (Phi) is 3.37. The highest BCUT2D eigenvalue weighted by Crippen LogP contribution is 2.28. The first-order chi connectivity index (χ1) is 10.5. The van der Waals surface area contributed by atoms with E-state index in [1.54, 1.807) is 19.4 Å². The van der Waals surface area contributed by atoms with Crippen LogP contribution in [-0.4, -0.2) is 24.7 Å². The zero-order chi connectivity index (χ0) is 16.2. The molecule has 2 rings (SSSR count). The summed E-state index contributed by atoms with van der Waals surface area (Å²) in [6.07, 6.45) is 2.80. The van der Waals surface area contributed by atoms with Gasteiger partial charge in [-0.15, -0.1) is 0 Å². The fourth-order valence-electron chi connectivity index (χ4n) is 1.97. The van der Waals surface area contributed by atoms with Gasteiger partial charge in [0.15, 0.2) is 0 Å². The number of hydrogen-bond acceptors (Lipinski definition) is 4. The standard InChI is InChI=1S/C15H21N3O/c1-11(5-3-7-16)18-14-10-13(19-2)9-12-6-4-8-17-15(12)14/h4,6,8-11,18H,3,5,7,16H2,1-2H3/i1D3. The Bertz CT molecular complexity index is 631. The van der Waals surface area contributed by atoms with Gasteiger partial charge in [-0.2, -0.15) is 0 Å². The summed E-state index contributed by atoms with van der Waals surface area (Å²) in [5.74, 6) is 0.658. The van der Waals surface area contributed by atoms with Crippen molar-refractivity contribution in [2.75, 3.05) is 19.0 Å². The summed E-state index contributed by atoms with van der Waals surface area (Å²) in [4.78, 5) is 4.35. The van der Waals surface area contributed by atoms with Crippen molar-refractivity contribution in [3.8, 4) is 5.75 Å². The van der Waals surface area contributed by atoms with Gasteiger partial charge in [-0.1, -0.05) is 6.07 Å². The molecule has 4 nitrogen and oxygen atoms in total. The molecule has 0 saturated carbocycles. The van der Waals surface area contributed by atoms with E-state index in [2.05, 4.69) is 10.3 Å². The number of ether oxygens (including phenoxy) is 1. The summed E-state index contributed by atoms with van der Waals surface area (Å²) in [7, 11) is 1.58. The molecule has 1 aromatic carbocycles. The third-order valence-electron chi connectivity index (χ3n) is 2.94. The van der Waals surface area contributed by atoms with E-state index >= 15 is 0 Å². The Morgan fingerprint density at radius 2 is 2.42 bits per heavy atom. The Labute approximate surface area is 118 Å². The van der Waals surface area contributed by atoms with Crippen molar-refractivity contribution in [2.24, 2.45) is 5.73 Å². The quantitative estimate of drug-likeness (QED) is 0.840. The molecule has 4 heteroatoms. The molecule has 0 radical (unpaired) electrons. The summed E-state index contributed by atoms with van der Waals surface area (Å²) in [6, 6.07) is 6.73. The molecule has 1 heterocycles. The minimum Gasteiger partial charge on any atom is -0.497 e. The molecule has 19 heavy (non-hydrogen) atoms.